The van der Waals surface area contributed by atoms with Crippen molar-refractivity contribution < 1.29 is 24.9 Å². The van der Waals surface area contributed by atoms with Crippen molar-refractivity contribution in [3.8, 4) is 0 Å². The molecule has 164 valence electrons. The summed E-state index contributed by atoms with van der Waals surface area (Å²) in [6.45, 7) is 4.67. The number of carbonyl (C=O) groups excluding carboxylic acids is 1. The highest BCUT2D eigenvalue weighted by atomic mass is 16.4. The van der Waals surface area contributed by atoms with Gasteiger partial charge >= 0.3 is 5.97 Å². The first kappa shape index (κ1) is 21.3. The van der Waals surface area contributed by atoms with Gasteiger partial charge in [0.05, 0.1) is 18.1 Å². The van der Waals surface area contributed by atoms with Gasteiger partial charge in [0.15, 0.2) is 0 Å². The maximum absolute atomic E-state index is 12.0. The van der Waals surface area contributed by atoms with E-state index in [4.69, 9.17) is 0 Å². The number of hydrogen-bond donors (Lipinski definition) is 3. The van der Waals surface area contributed by atoms with E-state index in [0.717, 1.165) is 57.7 Å². The first-order chi connectivity index (χ1) is 13.7. The Balaban J connectivity index is 1.61. The molecule has 0 aromatic rings. The third-order valence-electron chi connectivity index (χ3n) is 10.1. The van der Waals surface area contributed by atoms with Gasteiger partial charge in [-0.25, -0.2) is 0 Å². The lowest BCUT2D eigenvalue weighted by molar-refractivity contribution is -0.176. The molecule has 0 aliphatic heterocycles. The molecule has 4 rings (SSSR count). The van der Waals surface area contributed by atoms with Gasteiger partial charge < -0.3 is 20.1 Å². The molecule has 5 heteroatoms. The summed E-state index contributed by atoms with van der Waals surface area (Å²) in [5.74, 6) is 0.345. The minimum absolute atomic E-state index is 0.0640. The molecule has 4 saturated carbocycles. The predicted octanol–water partition coefficient (Wildman–Crippen LogP) is 3.66. The zero-order valence-electron chi connectivity index (χ0n) is 17.9. The molecule has 0 aromatic heterocycles. The summed E-state index contributed by atoms with van der Waals surface area (Å²) in [5, 5.41) is 31.3. The molecular formula is C24H38O5. The molecule has 0 radical (unpaired) electrons. The summed E-state index contributed by atoms with van der Waals surface area (Å²) in [6.07, 6.45) is 8.46. The Morgan fingerprint density at radius 3 is 2.41 bits per heavy atom. The van der Waals surface area contributed by atoms with E-state index < -0.39 is 11.9 Å². The molecule has 0 heterocycles. The van der Waals surface area contributed by atoms with Gasteiger partial charge in [0.2, 0.25) is 0 Å². The van der Waals surface area contributed by atoms with E-state index in [-0.39, 0.29) is 34.9 Å². The van der Waals surface area contributed by atoms with Crippen LogP contribution in [0.2, 0.25) is 0 Å². The molecule has 10 atom stereocenters. The molecule has 5 nitrogen and oxygen atoms in total. The number of aliphatic hydroxyl groups is 2. The van der Waals surface area contributed by atoms with Gasteiger partial charge in [0.25, 0.3) is 0 Å². The van der Waals surface area contributed by atoms with Gasteiger partial charge in [-0.05, 0) is 98.2 Å². The second kappa shape index (κ2) is 7.64. The lowest BCUT2D eigenvalue weighted by atomic mass is 9.43. The quantitative estimate of drug-likeness (QED) is 0.606. The molecule has 0 spiro atoms. The maximum atomic E-state index is 12.0. The summed E-state index contributed by atoms with van der Waals surface area (Å²) >= 11 is 0. The van der Waals surface area contributed by atoms with Gasteiger partial charge in [-0.3, -0.25) is 4.79 Å². The molecule has 4 fully saturated rings. The highest BCUT2D eigenvalue weighted by molar-refractivity contribution is 5.71. The highest BCUT2D eigenvalue weighted by Crippen LogP contribution is 2.68. The third-order valence-corrected chi connectivity index (χ3v) is 10.1. The molecule has 4 aliphatic rings. The number of aliphatic carboxylic acids is 1. The zero-order valence-corrected chi connectivity index (χ0v) is 17.9. The lowest BCUT2D eigenvalue weighted by Crippen LogP contribution is -2.58. The molecule has 0 saturated heterocycles. The molecular weight excluding hydrogens is 368 g/mol. The van der Waals surface area contributed by atoms with E-state index in [2.05, 4.69) is 13.8 Å². The summed E-state index contributed by atoms with van der Waals surface area (Å²) < 4.78 is 0. The van der Waals surface area contributed by atoms with Crippen LogP contribution >= 0.6 is 0 Å². The van der Waals surface area contributed by atoms with Crippen LogP contribution in [0.25, 0.3) is 0 Å². The number of aliphatic hydroxyl groups excluding tert-OH is 2. The minimum atomic E-state index is -0.765. The second-order valence-corrected chi connectivity index (χ2v) is 11.1. The summed E-state index contributed by atoms with van der Waals surface area (Å²) in [4.78, 5) is 22.9. The van der Waals surface area contributed by atoms with Crippen molar-refractivity contribution in [2.75, 3.05) is 0 Å². The van der Waals surface area contributed by atoms with Crippen LogP contribution in [0.3, 0.4) is 0 Å². The van der Waals surface area contributed by atoms with Crippen LogP contribution in [-0.4, -0.2) is 39.8 Å². The Bertz CT molecular complexity index is 649. The van der Waals surface area contributed by atoms with Crippen molar-refractivity contribution >= 4 is 12.3 Å². The summed E-state index contributed by atoms with van der Waals surface area (Å²) in [6, 6.07) is 0. The number of fused-ring (bicyclic) bond motifs is 5. The average Bonchev–Trinajstić information content (AvgIpc) is 3.00. The summed E-state index contributed by atoms with van der Waals surface area (Å²) in [5.41, 5.74) is 0.123. The first-order valence-electron chi connectivity index (χ1n) is 11.7. The number of rotatable bonds is 5. The van der Waals surface area contributed by atoms with Crippen LogP contribution in [0.5, 0.6) is 0 Å². The normalized spacial score (nSPS) is 50.1. The minimum Gasteiger partial charge on any atom is -0.481 e. The fourth-order valence-electron chi connectivity index (χ4n) is 8.65. The first-order valence-corrected chi connectivity index (χ1v) is 11.7. The van der Waals surface area contributed by atoms with E-state index >= 15 is 0 Å². The SMILES string of the molecule is C[C@]12CC[C@@H](O)C[C@H]1C[C@H](O)C1[C@@H]2CC[C@]2(C)[C@@H]([C@@H](CCC=O)C(=O)O)CC[C@@H]12. The topological polar surface area (TPSA) is 94.8 Å². The number of carboxylic acid groups (broad SMARTS) is 1. The van der Waals surface area contributed by atoms with Crippen LogP contribution in [0.1, 0.15) is 78.1 Å². The Morgan fingerprint density at radius 2 is 1.72 bits per heavy atom. The van der Waals surface area contributed by atoms with Gasteiger partial charge in [-0.1, -0.05) is 13.8 Å². The smallest absolute Gasteiger partial charge is 0.306 e. The van der Waals surface area contributed by atoms with E-state index in [9.17, 15) is 24.9 Å². The summed E-state index contributed by atoms with van der Waals surface area (Å²) in [7, 11) is 0. The van der Waals surface area contributed by atoms with E-state index in [1.54, 1.807) is 0 Å². The molecule has 29 heavy (non-hydrogen) atoms. The fourth-order valence-corrected chi connectivity index (χ4v) is 8.65. The van der Waals surface area contributed by atoms with Gasteiger partial charge in [0.1, 0.15) is 6.29 Å². The maximum Gasteiger partial charge on any atom is 0.306 e. The Labute approximate surface area is 174 Å². The lowest BCUT2D eigenvalue weighted by Gasteiger charge is -2.62. The van der Waals surface area contributed by atoms with Crippen LogP contribution in [0.15, 0.2) is 0 Å². The van der Waals surface area contributed by atoms with Crippen molar-refractivity contribution in [3.05, 3.63) is 0 Å². The van der Waals surface area contributed by atoms with Crippen molar-refractivity contribution in [1.82, 2.24) is 0 Å². The van der Waals surface area contributed by atoms with Crippen molar-refractivity contribution in [1.29, 1.82) is 0 Å². The van der Waals surface area contributed by atoms with E-state index in [0.29, 0.717) is 30.6 Å². The molecule has 3 N–H and O–H groups in total. The average molecular weight is 407 g/mol. The fraction of sp³-hybridized carbons (Fsp3) is 0.917. The number of carboxylic acids is 1. The third kappa shape index (κ3) is 3.27. The van der Waals surface area contributed by atoms with Crippen LogP contribution in [0.4, 0.5) is 0 Å². The molecule has 0 bridgehead atoms. The van der Waals surface area contributed by atoms with Gasteiger partial charge in [-0.2, -0.15) is 0 Å². The number of hydrogen-bond acceptors (Lipinski definition) is 4. The van der Waals surface area contributed by atoms with Crippen molar-refractivity contribution in [3.63, 3.8) is 0 Å². The van der Waals surface area contributed by atoms with Crippen LogP contribution < -0.4 is 0 Å². The Morgan fingerprint density at radius 1 is 1.03 bits per heavy atom. The number of carbonyl (C=O) groups is 2. The zero-order chi connectivity index (χ0) is 21.0. The van der Waals surface area contributed by atoms with Crippen molar-refractivity contribution in [2.45, 2.75) is 90.3 Å². The Hall–Kier alpha value is -0.940. The number of aldehydes is 1. The molecule has 0 aromatic carbocycles. The van der Waals surface area contributed by atoms with Crippen molar-refractivity contribution in [2.24, 2.45) is 46.3 Å². The second-order valence-electron chi connectivity index (χ2n) is 11.1. The van der Waals surface area contributed by atoms with Gasteiger partial charge in [-0.15, -0.1) is 0 Å². The van der Waals surface area contributed by atoms with E-state index in [1.807, 2.05) is 0 Å². The molecule has 4 aliphatic carbocycles. The van der Waals surface area contributed by atoms with E-state index in [1.165, 1.54) is 0 Å². The largest absolute Gasteiger partial charge is 0.481 e. The highest BCUT2D eigenvalue weighted by Gasteiger charge is 2.63. The van der Waals surface area contributed by atoms with Crippen LogP contribution in [0, 0.1) is 46.3 Å². The van der Waals surface area contributed by atoms with Crippen LogP contribution in [-0.2, 0) is 9.59 Å². The van der Waals surface area contributed by atoms with Gasteiger partial charge in [0, 0.05) is 6.42 Å². The monoisotopic (exact) mass is 406 g/mol. The molecule has 1 unspecified atom stereocenters. The standard InChI is InChI=1S/C24H38O5/c1-23-9-7-15(26)12-14(23)13-20(27)21-18-6-5-17(16(22(28)29)4-3-11-25)24(18,2)10-8-19(21)23/h11,14-21,26-27H,3-10,12-13H2,1-2H3,(H,28,29)/t14-,15+,16+,17+,18-,19-,20-,21?,23-,24+/m0/s1. The predicted molar refractivity (Wildman–Crippen MR) is 109 cm³/mol. The Kier molecular flexibility index (Phi) is 5.61. The molecule has 0 amide bonds.